The Morgan fingerprint density at radius 3 is 2.63 bits per heavy atom. The summed E-state index contributed by atoms with van der Waals surface area (Å²) in [4.78, 5) is 12.4. The number of nitriles is 1. The van der Waals surface area contributed by atoms with Crippen molar-refractivity contribution in [1.29, 1.82) is 5.26 Å². The van der Waals surface area contributed by atoms with Gasteiger partial charge in [-0.25, -0.2) is 4.68 Å². The Bertz CT molecular complexity index is 937. The van der Waals surface area contributed by atoms with E-state index in [1.165, 1.54) is 4.68 Å². The van der Waals surface area contributed by atoms with Crippen LogP contribution in [0.3, 0.4) is 0 Å². The molecule has 1 aromatic heterocycles. The highest BCUT2D eigenvalue weighted by Gasteiger charge is 2.09. The molecule has 0 aliphatic carbocycles. The van der Waals surface area contributed by atoms with Gasteiger partial charge in [0.1, 0.15) is 11.6 Å². The molecule has 0 saturated heterocycles. The van der Waals surface area contributed by atoms with Crippen LogP contribution in [0.25, 0.3) is 0 Å². The third-order valence-corrected chi connectivity index (χ3v) is 4.13. The van der Waals surface area contributed by atoms with E-state index >= 15 is 0 Å². The van der Waals surface area contributed by atoms with Crippen molar-refractivity contribution in [3.05, 3.63) is 57.0 Å². The lowest BCUT2D eigenvalue weighted by Crippen LogP contribution is -2.22. The summed E-state index contributed by atoms with van der Waals surface area (Å²) >= 11 is 0. The zero-order valence-corrected chi connectivity index (χ0v) is 16.4. The molecule has 0 fully saturated rings. The fourth-order valence-electron chi connectivity index (χ4n) is 2.57. The number of hydrogen-bond acceptors (Lipinski definition) is 5. The first-order valence-corrected chi connectivity index (χ1v) is 8.86. The second-order valence-electron chi connectivity index (χ2n) is 6.76. The van der Waals surface area contributed by atoms with Crippen LogP contribution in [0.1, 0.15) is 42.7 Å². The van der Waals surface area contributed by atoms with Crippen molar-refractivity contribution in [3.63, 3.8) is 0 Å². The topological polar surface area (TPSA) is 76.6 Å². The van der Waals surface area contributed by atoms with E-state index in [2.05, 4.69) is 18.9 Å². The van der Waals surface area contributed by atoms with E-state index in [1.807, 2.05) is 18.2 Å². The van der Waals surface area contributed by atoms with Crippen LogP contribution >= 0.6 is 0 Å². The van der Waals surface area contributed by atoms with Gasteiger partial charge in [-0.2, -0.15) is 10.4 Å². The van der Waals surface area contributed by atoms with Crippen LogP contribution < -0.4 is 15.0 Å². The zero-order chi connectivity index (χ0) is 20.0. The van der Waals surface area contributed by atoms with Crippen molar-refractivity contribution in [2.75, 3.05) is 13.7 Å². The number of nitrogens with zero attached hydrogens (tertiary/aromatic N) is 3. The monoisotopic (exact) mass is 367 g/mol. The van der Waals surface area contributed by atoms with E-state index in [9.17, 15) is 4.79 Å². The Labute approximate surface area is 159 Å². The van der Waals surface area contributed by atoms with Crippen LogP contribution in [0.2, 0.25) is 0 Å². The second kappa shape index (κ2) is 9.04. The van der Waals surface area contributed by atoms with Gasteiger partial charge >= 0.3 is 0 Å². The molecule has 2 rings (SSSR count). The normalized spacial score (nSPS) is 11.0. The van der Waals surface area contributed by atoms with Gasteiger partial charge in [-0.3, -0.25) is 4.79 Å². The number of hydrogen-bond donors (Lipinski definition) is 0. The van der Waals surface area contributed by atoms with Crippen LogP contribution in [0, 0.1) is 31.1 Å². The first-order valence-electron chi connectivity index (χ1n) is 8.86. The number of pyridine rings is 1. The van der Waals surface area contributed by atoms with Crippen LogP contribution in [0.4, 0.5) is 0 Å². The largest absolute Gasteiger partial charge is 0.493 e. The molecule has 0 aliphatic rings. The number of methoxy groups -OCH3 is 1. The summed E-state index contributed by atoms with van der Waals surface area (Å²) in [5.74, 6) is 1.84. The molecular formula is C21H25N3O3. The lowest BCUT2D eigenvalue weighted by atomic mass is 10.1. The molecule has 0 saturated carbocycles. The van der Waals surface area contributed by atoms with Crippen molar-refractivity contribution in [2.45, 2.75) is 34.1 Å². The van der Waals surface area contributed by atoms with E-state index < -0.39 is 5.56 Å². The SMILES string of the molecule is COc1cc(C=Nn2c(C)cc(C)c(C#N)c2=O)ccc1OCCC(C)C. The van der Waals surface area contributed by atoms with E-state index in [-0.39, 0.29) is 5.56 Å². The lowest BCUT2D eigenvalue weighted by Gasteiger charge is -2.12. The summed E-state index contributed by atoms with van der Waals surface area (Å²) in [5, 5.41) is 13.4. The second-order valence-corrected chi connectivity index (χ2v) is 6.76. The molecule has 1 heterocycles. The van der Waals surface area contributed by atoms with Gasteiger partial charge in [0.05, 0.1) is 19.9 Å². The number of benzene rings is 1. The van der Waals surface area contributed by atoms with Crippen LogP contribution in [-0.4, -0.2) is 24.6 Å². The molecule has 6 nitrogen and oxygen atoms in total. The average Bonchev–Trinajstić information content (AvgIpc) is 2.62. The van der Waals surface area contributed by atoms with Crippen LogP contribution in [0.15, 0.2) is 34.2 Å². The number of aromatic nitrogens is 1. The minimum atomic E-state index is -0.424. The van der Waals surface area contributed by atoms with Gasteiger partial charge in [-0.15, -0.1) is 0 Å². The van der Waals surface area contributed by atoms with Crippen LogP contribution in [0.5, 0.6) is 11.5 Å². The summed E-state index contributed by atoms with van der Waals surface area (Å²) in [6.07, 6.45) is 2.52. The molecule has 0 atom stereocenters. The van der Waals surface area contributed by atoms with Crippen molar-refractivity contribution in [3.8, 4) is 17.6 Å². The molecular weight excluding hydrogens is 342 g/mol. The van der Waals surface area contributed by atoms with Crippen molar-refractivity contribution in [2.24, 2.45) is 11.0 Å². The average molecular weight is 367 g/mol. The van der Waals surface area contributed by atoms with E-state index in [4.69, 9.17) is 14.7 Å². The Balaban J connectivity index is 2.28. The first-order chi connectivity index (χ1) is 12.9. The Morgan fingerprint density at radius 1 is 1.26 bits per heavy atom. The molecule has 0 spiro atoms. The highest BCUT2D eigenvalue weighted by Crippen LogP contribution is 2.28. The molecule has 0 aliphatic heterocycles. The summed E-state index contributed by atoms with van der Waals surface area (Å²) in [7, 11) is 1.58. The Hall–Kier alpha value is -3.07. The zero-order valence-electron chi connectivity index (χ0n) is 16.4. The molecule has 0 N–H and O–H groups in total. The van der Waals surface area contributed by atoms with Gasteiger partial charge in [0, 0.05) is 5.69 Å². The fraction of sp³-hybridized carbons (Fsp3) is 0.381. The van der Waals surface area contributed by atoms with Crippen molar-refractivity contribution >= 4 is 6.21 Å². The molecule has 0 amide bonds. The summed E-state index contributed by atoms with van der Waals surface area (Å²) in [6.45, 7) is 8.43. The van der Waals surface area contributed by atoms with Crippen LogP contribution in [-0.2, 0) is 0 Å². The minimum absolute atomic E-state index is 0.101. The van der Waals surface area contributed by atoms with E-state index in [0.29, 0.717) is 35.3 Å². The fourth-order valence-corrected chi connectivity index (χ4v) is 2.57. The molecule has 2 aromatic rings. The highest BCUT2D eigenvalue weighted by atomic mass is 16.5. The van der Waals surface area contributed by atoms with Gasteiger partial charge in [0.2, 0.25) is 0 Å². The van der Waals surface area contributed by atoms with Gasteiger partial charge in [-0.05, 0) is 61.6 Å². The maximum atomic E-state index is 12.4. The third kappa shape index (κ3) is 4.98. The molecule has 6 heteroatoms. The maximum absolute atomic E-state index is 12.4. The lowest BCUT2D eigenvalue weighted by molar-refractivity contribution is 0.273. The van der Waals surface area contributed by atoms with Gasteiger partial charge in [0.15, 0.2) is 11.5 Å². The predicted octanol–water partition coefficient (Wildman–Crippen LogP) is 3.65. The number of aryl methyl sites for hydroxylation is 2. The smallest absolute Gasteiger partial charge is 0.289 e. The molecule has 0 unspecified atom stereocenters. The Morgan fingerprint density at radius 2 is 2.00 bits per heavy atom. The summed E-state index contributed by atoms with van der Waals surface area (Å²) in [6, 6.07) is 9.17. The molecule has 1 aromatic carbocycles. The third-order valence-electron chi connectivity index (χ3n) is 4.13. The molecule has 142 valence electrons. The summed E-state index contributed by atoms with van der Waals surface area (Å²) < 4.78 is 12.4. The molecule has 0 bridgehead atoms. The first kappa shape index (κ1) is 20.2. The number of ether oxygens (including phenoxy) is 2. The van der Waals surface area contributed by atoms with E-state index in [1.54, 1.807) is 39.3 Å². The molecule has 0 radical (unpaired) electrons. The predicted molar refractivity (Wildman–Crippen MR) is 106 cm³/mol. The highest BCUT2D eigenvalue weighted by molar-refractivity contribution is 5.80. The quantitative estimate of drug-likeness (QED) is 0.700. The van der Waals surface area contributed by atoms with Crippen molar-refractivity contribution in [1.82, 2.24) is 4.68 Å². The van der Waals surface area contributed by atoms with E-state index in [0.717, 1.165) is 12.0 Å². The van der Waals surface area contributed by atoms with Crippen molar-refractivity contribution < 1.29 is 9.47 Å². The summed E-state index contributed by atoms with van der Waals surface area (Å²) in [5.41, 5.74) is 1.74. The maximum Gasteiger partial charge on any atom is 0.289 e. The minimum Gasteiger partial charge on any atom is -0.493 e. The van der Waals surface area contributed by atoms with Gasteiger partial charge in [-0.1, -0.05) is 13.8 Å². The Kier molecular flexibility index (Phi) is 6.78. The van der Waals surface area contributed by atoms with Gasteiger partial charge in [0.25, 0.3) is 5.56 Å². The van der Waals surface area contributed by atoms with Gasteiger partial charge < -0.3 is 9.47 Å². The standard InChI is InChI=1S/C21H25N3O3/c1-14(2)8-9-27-19-7-6-17(11-20(19)26-5)13-23-24-16(4)10-15(3)18(12-22)21(24)25/h6-7,10-11,13-14H,8-9H2,1-5H3. The number of rotatable bonds is 7. The molecule has 27 heavy (non-hydrogen) atoms.